The summed E-state index contributed by atoms with van der Waals surface area (Å²) in [5.74, 6) is -0.267. The molecule has 1 aliphatic rings. The molecule has 2 N–H and O–H groups in total. The monoisotopic (exact) mass is 191 g/mol. The summed E-state index contributed by atoms with van der Waals surface area (Å²) in [5, 5.41) is 0. The number of hydrogen-bond donors (Lipinski definition) is 1. The van der Waals surface area contributed by atoms with Crippen molar-refractivity contribution < 1.29 is 9.53 Å². The molecule has 0 aliphatic carbocycles. The van der Waals surface area contributed by atoms with Crippen molar-refractivity contribution in [2.45, 2.75) is 18.4 Å². The maximum absolute atomic E-state index is 11.5. The number of cyclic esters (lactones) is 1. The molecule has 1 saturated heterocycles. The second kappa shape index (κ2) is 3.80. The number of nitrogens with two attached hydrogens (primary N) is 1. The molecule has 0 amide bonds. The van der Waals surface area contributed by atoms with Crippen LogP contribution in [0.25, 0.3) is 0 Å². The zero-order valence-corrected chi connectivity index (χ0v) is 7.85. The van der Waals surface area contributed by atoms with Crippen LogP contribution in [0, 0.1) is 0 Å². The van der Waals surface area contributed by atoms with Crippen molar-refractivity contribution in [1.29, 1.82) is 0 Å². The van der Waals surface area contributed by atoms with Gasteiger partial charge in [-0.15, -0.1) is 0 Å². The minimum absolute atomic E-state index is 0.104. The molecule has 2 rings (SSSR count). The Bertz CT molecular complexity index is 323. The predicted octanol–water partition coefficient (Wildman–Crippen LogP) is 1.04. The SMILES string of the molecule is NC[C@@H]1C[C@H](c2ccccc2)C(=O)O1. The van der Waals surface area contributed by atoms with Gasteiger partial charge < -0.3 is 10.5 Å². The van der Waals surface area contributed by atoms with Crippen molar-refractivity contribution in [2.75, 3.05) is 6.54 Å². The molecule has 0 saturated carbocycles. The molecule has 1 aliphatic heterocycles. The first-order valence-corrected chi connectivity index (χ1v) is 4.76. The zero-order chi connectivity index (χ0) is 9.97. The van der Waals surface area contributed by atoms with Gasteiger partial charge in [0.1, 0.15) is 6.10 Å². The minimum atomic E-state index is -0.147. The summed E-state index contributed by atoms with van der Waals surface area (Å²) in [6, 6.07) is 9.69. The summed E-state index contributed by atoms with van der Waals surface area (Å²) in [6.45, 7) is 0.412. The van der Waals surface area contributed by atoms with E-state index >= 15 is 0 Å². The molecular formula is C11H13NO2. The van der Waals surface area contributed by atoms with Gasteiger partial charge in [-0.3, -0.25) is 4.79 Å². The van der Waals surface area contributed by atoms with E-state index in [1.165, 1.54) is 0 Å². The topological polar surface area (TPSA) is 52.3 Å². The van der Waals surface area contributed by atoms with Crippen LogP contribution in [0.3, 0.4) is 0 Å². The zero-order valence-electron chi connectivity index (χ0n) is 7.85. The van der Waals surface area contributed by atoms with Gasteiger partial charge in [0, 0.05) is 13.0 Å². The largest absolute Gasteiger partial charge is 0.461 e. The van der Waals surface area contributed by atoms with E-state index in [-0.39, 0.29) is 18.0 Å². The molecule has 2 atom stereocenters. The number of esters is 1. The van der Waals surface area contributed by atoms with Crippen molar-refractivity contribution in [1.82, 2.24) is 0 Å². The minimum Gasteiger partial charge on any atom is -0.461 e. The third kappa shape index (κ3) is 1.63. The molecule has 0 unspecified atom stereocenters. The van der Waals surface area contributed by atoms with Crippen LogP contribution in [0.5, 0.6) is 0 Å². The van der Waals surface area contributed by atoms with Gasteiger partial charge in [0.2, 0.25) is 0 Å². The average molecular weight is 191 g/mol. The molecule has 74 valence electrons. The van der Waals surface area contributed by atoms with Gasteiger partial charge >= 0.3 is 5.97 Å². The van der Waals surface area contributed by atoms with Crippen molar-refractivity contribution >= 4 is 5.97 Å². The Labute approximate surface area is 82.9 Å². The highest BCUT2D eigenvalue weighted by Crippen LogP contribution is 2.29. The van der Waals surface area contributed by atoms with Gasteiger partial charge in [-0.1, -0.05) is 30.3 Å². The Morgan fingerprint density at radius 3 is 2.64 bits per heavy atom. The Kier molecular flexibility index (Phi) is 2.50. The van der Waals surface area contributed by atoms with E-state index in [4.69, 9.17) is 10.5 Å². The summed E-state index contributed by atoms with van der Waals surface area (Å²) >= 11 is 0. The Hall–Kier alpha value is -1.35. The van der Waals surface area contributed by atoms with Crippen molar-refractivity contribution in [3.05, 3.63) is 35.9 Å². The lowest BCUT2D eigenvalue weighted by Gasteiger charge is -2.04. The van der Waals surface area contributed by atoms with E-state index in [1.54, 1.807) is 0 Å². The third-order valence-corrected chi connectivity index (χ3v) is 2.53. The smallest absolute Gasteiger partial charge is 0.313 e. The molecule has 1 heterocycles. The van der Waals surface area contributed by atoms with E-state index < -0.39 is 0 Å². The lowest BCUT2D eigenvalue weighted by atomic mass is 9.96. The lowest BCUT2D eigenvalue weighted by Crippen LogP contribution is -2.18. The van der Waals surface area contributed by atoms with Gasteiger partial charge in [0.25, 0.3) is 0 Å². The van der Waals surface area contributed by atoms with Crippen molar-refractivity contribution in [2.24, 2.45) is 5.73 Å². The molecule has 14 heavy (non-hydrogen) atoms. The summed E-state index contributed by atoms with van der Waals surface area (Å²) in [6.07, 6.45) is 0.604. The quantitative estimate of drug-likeness (QED) is 0.711. The van der Waals surface area contributed by atoms with Crippen LogP contribution in [0.2, 0.25) is 0 Å². The van der Waals surface area contributed by atoms with Crippen LogP contribution >= 0.6 is 0 Å². The first-order chi connectivity index (χ1) is 6.81. The highest BCUT2D eigenvalue weighted by molar-refractivity contribution is 5.80. The fourth-order valence-corrected chi connectivity index (χ4v) is 1.76. The second-order valence-electron chi connectivity index (χ2n) is 3.49. The first-order valence-electron chi connectivity index (χ1n) is 4.76. The van der Waals surface area contributed by atoms with Gasteiger partial charge in [-0.25, -0.2) is 0 Å². The Morgan fingerprint density at radius 2 is 2.07 bits per heavy atom. The molecule has 0 aromatic heterocycles. The van der Waals surface area contributed by atoms with E-state index in [0.717, 1.165) is 5.56 Å². The van der Waals surface area contributed by atoms with Gasteiger partial charge in [-0.05, 0) is 5.56 Å². The predicted molar refractivity (Wildman–Crippen MR) is 52.7 cm³/mol. The second-order valence-corrected chi connectivity index (χ2v) is 3.49. The molecule has 0 bridgehead atoms. The van der Waals surface area contributed by atoms with Crippen LogP contribution in [-0.2, 0) is 9.53 Å². The molecule has 1 aromatic rings. The average Bonchev–Trinajstić information content (AvgIpc) is 2.61. The van der Waals surface area contributed by atoms with Crippen LogP contribution in [0.4, 0.5) is 0 Å². The van der Waals surface area contributed by atoms with Crippen LogP contribution in [-0.4, -0.2) is 18.6 Å². The number of benzene rings is 1. The van der Waals surface area contributed by atoms with Crippen molar-refractivity contribution in [3.8, 4) is 0 Å². The van der Waals surface area contributed by atoms with Crippen LogP contribution < -0.4 is 5.73 Å². The number of hydrogen-bond acceptors (Lipinski definition) is 3. The highest BCUT2D eigenvalue weighted by Gasteiger charge is 2.34. The standard InChI is InChI=1S/C11H13NO2/c12-7-9-6-10(11(13)14-9)8-4-2-1-3-5-8/h1-5,9-10H,6-7,12H2/t9-,10+/m0/s1. The van der Waals surface area contributed by atoms with Gasteiger partial charge in [0.05, 0.1) is 5.92 Å². The maximum Gasteiger partial charge on any atom is 0.313 e. The lowest BCUT2D eigenvalue weighted by molar-refractivity contribution is -0.142. The van der Waals surface area contributed by atoms with E-state index in [2.05, 4.69) is 0 Å². The van der Waals surface area contributed by atoms with E-state index in [1.807, 2.05) is 30.3 Å². The van der Waals surface area contributed by atoms with E-state index in [0.29, 0.717) is 13.0 Å². The van der Waals surface area contributed by atoms with Gasteiger partial charge in [0.15, 0.2) is 0 Å². The number of rotatable bonds is 2. The summed E-state index contributed by atoms with van der Waals surface area (Å²) in [7, 11) is 0. The maximum atomic E-state index is 11.5. The fourth-order valence-electron chi connectivity index (χ4n) is 1.76. The molecule has 3 nitrogen and oxygen atoms in total. The number of ether oxygens (including phenoxy) is 1. The molecule has 1 aromatic carbocycles. The van der Waals surface area contributed by atoms with E-state index in [9.17, 15) is 4.79 Å². The molecule has 1 fully saturated rings. The van der Waals surface area contributed by atoms with Crippen molar-refractivity contribution in [3.63, 3.8) is 0 Å². The first kappa shape index (κ1) is 9.21. The highest BCUT2D eigenvalue weighted by atomic mass is 16.6. The molecule has 0 radical (unpaired) electrons. The Balaban J connectivity index is 2.17. The summed E-state index contributed by atoms with van der Waals surface area (Å²) in [5.41, 5.74) is 6.48. The van der Waals surface area contributed by atoms with Gasteiger partial charge in [-0.2, -0.15) is 0 Å². The normalized spacial score (nSPS) is 26.2. The van der Waals surface area contributed by atoms with Crippen LogP contribution in [0.1, 0.15) is 17.9 Å². The molecular weight excluding hydrogens is 178 g/mol. The summed E-state index contributed by atoms with van der Waals surface area (Å²) in [4.78, 5) is 11.5. The number of carbonyl (C=O) groups is 1. The number of carbonyl (C=O) groups excluding carboxylic acids is 1. The Morgan fingerprint density at radius 1 is 1.36 bits per heavy atom. The van der Waals surface area contributed by atoms with Crippen LogP contribution in [0.15, 0.2) is 30.3 Å². The molecule has 3 heteroatoms. The summed E-state index contributed by atoms with van der Waals surface area (Å²) < 4.78 is 5.11. The molecule has 0 spiro atoms. The fraction of sp³-hybridized carbons (Fsp3) is 0.364. The third-order valence-electron chi connectivity index (χ3n) is 2.53.